The molecule has 2 fully saturated rings. The SMILES string of the molecule is CCCc1nnsc1C(=O)N1CC(Oc2cc(C)n(C3CC3)c(=O)c2)C1. The van der Waals surface area contributed by atoms with Crippen molar-refractivity contribution >= 4 is 17.4 Å². The molecule has 1 aliphatic carbocycles. The van der Waals surface area contributed by atoms with E-state index in [1.165, 1.54) is 0 Å². The van der Waals surface area contributed by atoms with Gasteiger partial charge in [-0.05, 0) is 43.8 Å². The first-order valence-corrected chi connectivity index (χ1v) is 9.84. The van der Waals surface area contributed by atoms with E-state index in [0.717, 1.165) is 48.6 Å². The summed E-state index contributed by atoms with van der Waals surface area (Å²) in [6, 6.07) is 3.83. The number of carbonyl (C=O) groups is 1. The normalized spacial score (nSPS) is 17.2. The van der Waals surface area contributed by atoms with Crippen molar-refractivity contribution in [2.24, 2.45) is 0 Å². The van der Waals surface area contributed by atoms with E-state index in [4.69, 9.17) is 4.74 Å². The predicted octanol–water partition coefficient (Wildman–Crippen LogP) is 2.20. The maximum absolute atomic E-state index is 12.6. The van der Waals surface area contributed by atoms with Crippen molar-refractivity contribution in [2.45, 2.75) is 51.7 Å². The van der Waals surface area contributed by atoms with Gasteiger partial charge in [-0.2, -0.15) is 0 Å². The van der Waals surface area contributed by atoms with E-state index in [9.17, 15) is 9.59 Å². The van der Waals surface area contributed by atoms with Gasteiger partial charge in [-0.25, -0.2) is 0 Å². The number of nitrogens with zero attached hydrogens (tertiary/aromatic N) is 4. The van der Waals surface area contributed by atoms with E-state index in [-0.39, 0.29) is 17.6 Å². The Kier molecular flexibility index (Phi) is 4.52. The van der Waals surface area contributed by atoms with E-state index in [1.54, 1.807) is 11.0 Å². The first kappa shape index (κ1) is 17.2. The molecule has 1 aliphatic heterocycles. The fourth-order valence-electron chi connectivity index (χ4n) is 3.34. The summed E-state index contributed by atoms with van der Waals surface area (Å²) in [7, 11) is 0. The molecular formula is C18H22N4O3S. The Balaban J connectivity index is 1.37. The summed E-state index contributed by atoms with van der Waals surface area (Å²) in [5.74, 6) is 0.566. The molecule has 7 nitrogen and oxygen atoms in total. The predicted molar refractivity (Wildman–Crippen MR) is 97.9 cm³/mol. The topological polar surface area (TPSA) is 77.3 Å². The molecular weight excluding hydrogens is 352 g/mol. The minimum atomic E-state index is -0.0787. The van der Waals surface area contributed by atoms with Crippen molar-refractivity contribution < 1.29 is 9.53 Å². The molecule has 2 aromatic heterocycles. The Morgan fingerprint density at radius 1 is 1.35 bits per heavy atom. The Morgan fingerprint density at radius 3 is 2.77 bits per heavy atom. The second-order valence-corrected chi connectivity index (χ2v) is 7.77. The number of aryl methyl sites for hydroxylation is 2. The molecule has 0 aromatic carbocycles. The summed E-state index contributed by atoms with van der Waals surface area (Å²) in [5.41, 5.74) is 1.71. The molecule has 138 valence electrons. The van der Waals surface area contributed by atoms with Gasteiger partial charge in [-0.3, -0.25) is 9.59 Å². The van der Waals surface area contributed by atoms with Crippen molar-refractivity contribution in [3.05, 3.63) is 38.8 Å². The number of ether oxygens (including phenoxy) is 1. The van der Waals surface area contributed by atoms with Gasteiger partial charge < -0.3 is 14.2 Å². The van der Waals surface area contributed by atoms with E-state index < -0.39 is 0 Å². The molecule has 0 radical (unpaired) electrons. The molecule has 0 bridgehead atoms. The van der Waals surface area contributed by atoms with E-state index in [0.29, 0.717) is 29.8 Å². The maximum atomic E-state index is 12.6. The monoisotopic (exact) mass is 374 g/mol. The standard InChI is InChI=1S/C18H22N4O3S/c1-3-4-15-17(26-20-19-15)18(24)21-9-14(10-21)25-13-7-11(2)22(12-5-6-12)16(23)8-13/h7-8,12,14H,3-6,9-10H2,1-2H3. The van der Waals surface area contributed by atoms with Gasteiger partial charge in [0.2, 0.25) is 0 Å². The third kappa shape index (κ3) is 3.25. The molecule has 0 unspecified atom stereocenters. The molecule has 4 rings (SSSR count). The van der Waals surface area contributed by atoms with Gasteiger partial charge in [-0.15, -0.1) is 5.10 Å². The van der Waals surface area contributed by atoms with Crippen molar-refractivity contribution in [3.8, 4) is 5.75 Å². The van der Waals surface area contributed by atoms with Crippen molar-refractivity contribution in [2.75, 3.05) is 13.1 Å². The molecule has 8 heteroatoms. The highest BCUT2D eigenvalue weighted by Crippen LogP contribution is 2.35. The van der Waals surface area contributed by atoms with Crippen LogP contribution in [0.1, 0.15) is 53.3 Å². The van der Waals surface area contributed by atoms with Crippen molar-refractivity contribution in [3.63, 3.8) is 0 Å². The summed E-state index contributed by atoms with van der Waals surface area (Å²) in [6.45, 7) is 5.04. The number of carbonyl (C=O) groups excluding carboxylic acids is 1. The van der Waals surface area contributed by atoms with Crippen LogP contribution in [0.5, 0.6) is 5.75 Å². The zero-order valence-corrected chi connectivity index (χ0v) is 15.8. The Labute approximate surface area is 155 Å². The molecule has 1 amide bonds. The summed E-state index contributed by atoms with van der Waals surface area (Å²) < 4.78 is 11.7. The first-order valence-electron chi connectivity index (χ1n) is 9.07. The van der Waals surface area contributed by atoms with Crippen LogP contribution in [0.3, 0.4) is 0 Å². The van der Waals surface area contributed by atoms with Crippen LogP contribution in [0.2, 0.25) is 0 Å². The van der Waals surface area contributed by atoms with Crippen LogP contribution in [-0.2, 0) is 6.42 Å². The lowest BCUT2D eigenvalue weighted by Crippen LogP contribution is -2.56. The van der Waals surface area contributed by atoms with Gasteiger partial charge in [0, 0.05) is 17.8 Å². The van der Waals surface area contributed by atoms with Crippen LogP contribution in [0.4, 0.5) is 0 Å². The highest BCUT2D eigenvalue weighted by molar-refractivity contribution is 7.08. The van der Waals surface area contributed by atoms with Gasteiger partial charge in [0.1, 0.15) is 16.7 Å². The average Bonchev–Trinajstić information content (AvgIpc) is 3.27. The second kappa shape index (κ2) is 6.83. The zero-order valence-electron chi connectivity index (χ0n) is 15.0. The van der Waals surface area contributed by atoms with Crippen LogP contribution < -0.4 is 10.3 Å². The largest absolute Gasteiger partial charge is 0.486 e. The molecule has 0 atom stereocenters. The summed E-state index contributed by atoms with van der Waals surface area (Å²) in [4.78, 5) is 27.2. The molecule has 2 aliphatic rings. The van der Waals surface area contributed by atoms with Gasteiger partial charge in [0.05, 0.1) is 18.8 Å². The van der Waals surface area contributed by atoms with Crippen molar-refractivity contribution in [1.82, 2.24) is 19.1 Å². The van der Waals surface area contributed by atoms with Crippen molar-refractivity contribution in [1.29, 1.82) is 0 Å². The molecule has 0 N–H and O–H groups in total. The van der Waals surface area contributed by atoms with Gasteiger partial charge in [0.25, 0.3) is 11.5 Å². The molecule has 1 saturated heterocycles. The van der Waals surface area contributed by atoms with Crippen LogP contribution >= 0.6 is 11.5 Å². The maximum Gasteiger partial charge on any atom is 0.267 e. The molecule has 2 aromatic rings. The number of hydrogen-bond donors (Lipinski definition) is 0. The molecule has 0 spiro atoms. The Hall–Kier alpha value is -2.22. The number of rotatable bonds is 6. The summed E-state index contributed by atoms with van der Waals surface area (Å²) >= 11 is 1.16. The van der Waals surface area contributed by atoms with Gasteiger partial charge in [0.15, 0.2) is 0 Å². The zero-order chi connectivity index (χ0) is 18.3. The number of pyridine rings is 1. The number of aromatic nitrogens is 3. The van der Waals surface area contributed by atoms with Crippen LogP contribution in [0, 0.1) is 6.92 Å². The third-order valence-corrected chi connectivity index (χ3v) is 5.58. The highest BCUT2D eigenvalue weighted by Gasteiger charge is 2.35. The lowest BCUT2D eigenvalue weighted by atomic mass is 10.1. The van der Waals surface area contributed by atoms with E-state index in [2.05, 4.69) is 16.5 Å². The molecule has 3 heterocycles. The number of hydrogen-bond acceptors (Lipinski definition) is 6. The smallest absolute Gasteiger partial charge is 0.267 e. The summed E-state index contributed by atoms with van der Waals surface area (Å²) in [5, 5.41) is 4.05. The summed E-state index contributed by atoms with van der Waals surface area (Å²) in [6.07, 6.45) is 3.77. The van der Waals surface area contributed by atoms with Crippen LogP contribution in [0.25, 0.3) is 0 Å². The average molecular weight is 374 g/mol. The fraction of sp³-hybridized carbons (Fsp3) is 0.556. The van der Waals surface area contributed by atoms with Gasteiger partial charge >= 0.3 is 0 Å². The Morgan fingerprint density at radius 2 is 2.12 bits per heavy atom. The molecule has 1 saturated carbocycles. The lowest BCUT2D eigenvalue weighted by molar-refractivity contribution is 0.0179. The van der Waals surface area contributed by atoms with Gasteiger partial charge in [-0.1, -0.05) is 17.8 Å². The van der Waals surface area contributed by atoms with E-state index in [1.807, 2.05) is 17.6 Å². The minimum absolute atomic E-state index is 0.00491. The third-order valence-electron chi connectivity index (χ3n) is 4.82. The lowest BCUT2D eigenvalue weighted by Gasteiger charge is -2.38. The quantitative estimate of drug-likeness (QED) is 0.775. The van der Waals surface area contributed by atoms with Crippen LogP contribution in [-0.4, -0.2) is 44.2 Å². The van der Waals surface area contributed by atoms with Crippen LogP contribution in [0.15, 0.2) is 16.9 Å². The Bertz CT molecular complexity index is 881. The highest BCUT2D eigenvalue weighted by atomic mass is 32.1. The second-order valence-electron chi connectivity index (χ2n) is 7.02. The number of amides is 1. The fourth-order valence-corrected chi connectivity index (χ4v) is 4.01. The first-order chi connectivity index (χ1) is 12.6. The minimum Gasteiger partial charge on any atom is -0.486 e. The number of likely N-dealkylation sites (tertiary alicyclic amines) is 1. The van der Waals surface area contributed by atoms with E-state index >= 15 is 0 Å². The molecule has 26 heavy (non-hydrogen) atoms.